The Bertz CT molecular complexity index is 528. The molecule has 2 radical (unpaired) electrons. The maximum Gasteiger partial charge on any atom is 0.0346 e. The molecule has 3 aromatic rings. The predicted molar refractivity (Wildman–Crippen MR) is 79.0 cm³/mol. The Morgan fingerprint density at radius 2 is 1.44 bits per heavy atom. The second kappa shape index (κ2) is 7.16. The molecule has 2 aromatic carbocycles. The van der Waals surface area contributed by atoms with Gasteiger partial charge in [0.05, 0.1) is 0 Å². The average Bonchev–Trinajstić information content (AvgIpc) is 2.49. The number of hydrogen-bond acceptors (Lipinski definition) is 1. The molecule has 1 heterocycles. The fourth-order valence-electron chi connectivity index (χ4n) is 1.64. The van der Waals surface area contributed by atoms with Gasteiger partial charge in [-0.25, -0.2) is 0 Å². The van der Waals surface area contributed by atoms with Crippen molar-refractivity contribution in [1.82, 2.24) is 4.98 Å². The Morgan fingerprint density at radius 3 is 2.06 bits per heavy atom. The van der Waals surface area contributed by atoms with Crippen LogP contribution in [0, 0.1) is 0 Å². The standard InChI is InChI=1S/C9H7N.C7H7.Sn.H/c1-2-4-9-7-10-6-5-8(9)3-1;1-7-5-3-2-4-6-7;;/h1-7H;2-6H,1H2;;. The Morgan fingerprint density at radius 1 is 0.778 bits per heavy atom. The minimum absolute atomic E-state index is 1.20. The number of fused-ring (bicyclic) bond motifs is 1. The molecule has 0 amide bonds. The molecule has 1 nitrogen and oxygen atoms in total. The Labute approximate surface area is 121 Å². The molecule has 0 saturated heterocycles. The van der Waals surface area contributed by atoms with Crippen LogP contribution in [-0.2, 0) is 4.44 Å². The summed E-state index contributed by atoms with van der Waals surface area (Å²) in [7, 11) is 0. The van der Waals surface area contributed by atoms with Gasteiger partial charge in [0.25, 0.3) is 0 Å². The minimum Gasteiger partial charge on any atom is -0.264 e. The molecule has 0 aliphatic carbocycles. The van der Waals surface area contributed by atoms with Crippen LogP contribution in [0.2, 0.25) is 0 Å². The van der Waals surface area contributed by atoms with Gasteiger partial charge in [-0.15, -0.1) is 0 Å². The number of rotatable bonds is 1. The van der Waals surface area contributed by atoms with E-state index in [0.717, 1.165) is 0 Å². The van der Waals surface area contributed by atoms with Crippen molar-refractivity contribution < 1.29 is 0 Å². The maximum atomic E-state index is 4.01. The Hall–Kier alpha value is -1.35. The molecular weight excluding hydrogens is 325 g/mol. The van der Waals surface area contributed by atoms with Crippen molar-refractivity contribution in [3.63, 3.8) is 0 Å². The Kier molecular flexibility index (Phi) is 5.21. The molecule has 0 spiro atoms. The zero-order chi connectivity index (χ0) is 12.6. The van der Waals surface area contributed by atoms with Crippen molar-refractivity contribution in [3.8, 4) is 0 Å². The first-order valence-corrected chi connectivity index (χ1v) is 8.26. The Balaban J connectivity index is 0.000000138. The fourth-order valence-corrected chi connectivity index (χ4v) is 2.42. The van der Waals surface area contributed by atoms with Gasteiger partial charge in [-0.05, 0) is 16.8 Å². The fraction of sp³-hybridized carbons (Fsp3) is 0.0625. The summed E-state index contributed by atoms with van der Waals surface area (Å²) in [5, 5.41) is 2.45. The van der Waals surface area contributed by atoms with Gasteiger partial charge in [-0.1, -0.05) is 24.3 Å². The summed E-state index contributed by atoms with van der Waals surface area (Å²) in [6.45, 7) is 0. The van der Waals surface area contributed by atoms with Gasteiger partial charge in [0, 0.05) is 12.4 Å². The quantitative estimate of drug-likeness (QED) is 0.620. The van der Waals surface area contributed by atoms with Gasteiger partial charge >= 0.3 is 62.9 Å². The van der Waals surface area contributed by atoms with Crippen molar-refractivity contribution in [2.75, 3.05) is 0 Å². The van der Waals surface area contributed by atoms with E-state index >= 15 is 0 Å². The van der Waals surface area contributed by atoms with E-state index < -0.39 is 0 Å². The van der Waals surface area contributed by atoms with E-state index in [4.69, 9.17) is 0 Å². The van der Waals surface area contributed by atoms with Crippen LogP contribution in [0.1, 0.15) is 5.56 Å². The van der Waals surface area contributed by atoms with Gasteiger partial charge in [0.1, 0.15) is 0 Å². The molecule has 18 heavy (non-hydrogen) atoms. The van der Waals surface area contributed by atoms with Crippen LogP contribution in [0.4, 0.5) is 0 Å². The van der Waals surface area contributed by atoms with Crippen molar-refractivity contribution in [2.24, 2.45) is 0 Å². The van der Waals surface area contributed by atoms with Crippen molar-refractivity contribution in [1.29, 1.82) is 0 Å². The van der Waals surface area contributed by atoms with Crippen molar-refractivity contribution in [3.05, 3.63) is 78.6 Å². The third-order valence-electron chi connectivity index (χ3n) is 2.63. The first-order valence-electron chi connectivity index (χ1n) is 5.93. The molecule has 0 N–H and O–H groups in total. The van der Waals surface area contributed by atoms with Gasteiger partial charge in [-0.3, -0.25) is 4.98 Å². The second-order valence-electron chi connectivity index (χ2n) is 3.91. The van der Waals surface area contributed by atoms with Crippen molar-refractivity contribution in [2.45, 2.75) is 4.44 Å². The van der Waals surface area contributed by atoms with E-state index in [1.807, 2.05) is 30.6 Å². The smallest absolute Gasteiger partial charge is 0.0346 e. The van der Waals surface area contributed by atoms with E-state index in [2.05, 4.69) is 47.4 Å². The average molecular weight is 340 g/mol. The molecule has 0 unspecified atom stereocenters. The SMILES string of the molecule is [SnH][CH2]c1ccccc1.c1ccc2cnccc2c1. The van der Waals surface area contributed by atoms with E-state index in [9.17, 15) is 0 Å². The molecule has 0 atom stereocenters. The molecule has 1 aromatic heterocycles. The number of aromatic nitrogens is 1. The summed E-state index contributed by atoms with van der Waals surface area (Å²) < 4.78 is 1.27. The molecule has 0 fully saturated rings. The van der Waals surface area contributed by atoms with Gasteiger partial charge in [0.15, 0.2) is 0 Å². The van der Waals surface area contributed by atoms with Crippen LogP contribution in [0.25, 0.3) is 10.8 Å². The summed E-state index contributed by atoms with van der Waals surface area (Å²) in [5.41, 5.74) is 1.47. The van der Waals surface area contributed by atoms with Gasteiger partial charge in [-0.2, -0.15) is 0 Å². The maximum absolute atomic E-state index is 4.01. The molecular formula is C16H15NSn. The molecule has 3 rings (SSSR count). The number of benzene rings is 2. The molecule has 0 saturated carbocycles. The summed E-state index contributed by atoms with van der Waals surface area (Å²) in [6.07, 6.45) is 3.68. The number of pyridine rings is 1. The predicted octanol–water partition coefficient (Wildman–Crippen LogP) is 3.32. The largest absolute Gasteiger partial charge is 0.264 e. The van der Waals surface area contributed by atoms with Crippen LogP contribution in [0.5, 0.6) is 0 Å². The third kappa shape index (κ3) is 3.84. The molecule has 88 valence electrons. The minimum atomic E-state index is 1.20. The first-order chi connectivity index (χ1) is 8.90. The summed E-state index contributed by atoms with van der Waals surface area (Å²) in [5.74, 6) is 0. The zero-order valence-electron chi connectivity index (χ0n) is 10.2. The normalized spacial score (nSPS) is 9.61. The van der Waals surface area contributed by atoms with Gasteiger partial charge in [0.2, 0.25) is 0 Å². The molecule has 0 aliphatic rings. The monoisotopic (exact) mass is 341 g/mol. The van der Waals surface area contributed by atoms with Crippen LogP contribution in [-0.4, -0.2) is 27.5 Å². The van der Waals surface area contributed by atoms with Gasteiger partial charge < -0.3 is 0 Å². The van der Waals surface area contributed by atoms with E-state index in [0.29, 0.717) is 0 Å². The van der Waals surface area contributed by atoms with Crippen LogP contribution in [0.15, 0.2) is 73.1 Å². The topological polar surface area (TPSA) is 12.9 Å². The van der Waals surface area contributed by atoms with Crippen LogP contribution < -0.4 is 0 Å². The van der Waals surface area contributed by atoms with Crippen molar-refractivity contribution >= 4 is 33.3 Å². The zero-order valence-corrected chi connectivity index (χ0v) is 13.5. The summed E-state index contributed by atoms with van der Waals surface area (Å²) >= 11 is 1.33. The molecule has 0 bridgehead atoms. The summed E-state index contributed by atoms with van der Waals surface area (Å²) in [6, 6.07) is 20.8. The number of hydrogen-bond donors (Lipinski definition) is 0. The van der Waals surface area contributed by atoms with E-state index in [-0.39, 0.29) is 0 Å². The van der Waals surface area contributed by atoms with Crippen LogP contribution in [0.3, 0.4) is 0 Å². The van der Waals surface area contributed by atoms with Crippen LogP contribution >= 0.6 is 0 Å². The molecule has 2 heteroatoms. The number of nitrogens with zero attached hydrogens (tertiary/aromatic N) is 1. The third-order valence-corrected chi connectivity index (χ3v) is 3.97. The molecule has 0 aliphatic heterocycles. The summed E-state index contributed by atoms with van der Waals surface area (Å²) in [4.78, 5) is 4.01. The second-order valence-corrected chi connectivity index (χ2v) is 5.08. The van der Waals surface area contributed by atoms with E-state index in [1.54, 1.807) is 0 Å². The first kappa shape index (κ1) is 13.1. The van der Waals surface area contributed by atoms with E-state index in [1.165, 1.54) is 43.3 Å².